The number of hydrogen-bond donors (Lipinski definition) is 2. The van der Waals surface area contributed by atoms with E-state index in [-0.39, 0.29) is 28.0 Å². The molecule has 2 aliphatic heterocycles. The fourth-order valence-corrected chi connectivity index (χ4v) is 5.94. The fraction of sp³-hybridized carbons (Fsp3) is 0.906. The van der Waals surface area contributed by atoms with Gasteiger partial charge in [-0.2, -0.15) is 15.0 Å². The van der Waals surface area contributed by atoms with Crippen molar-refractivity contribution in [3.8, 4) is 6.01 Å². The second kappa shape index (κ2) is 12.7. The number of piperidine rings is 2. The Kier molecular flexibility index (Phi) is 10.4. The summed E-state index contributed by atoms with van der Waals surface area (Å²) in [5.41, 5.74) is 0.401. The molecule has 2 atom stereocenters. The normalized spacial score (nSPS) is 23.2. The number of nitrogens with one attached hydrogen (secondary N) is 2. The van der Waals surface area contributed by atoms with Crippen LogP contribution in [0.3, 0.4) is 0 Å². The minimum absolute atomic E-state index is 0.0141. The molecule has 8 nitrogen and oxygen atoms in total. The predicted molar refractivity (Wildman–Crippen MR) is 169 cm³/mol. The highest BCUT2D eigenvalue weighted by Crippen LogP contribution is 2.35. The molecule has 0 spiro atoms. The number of hydrogen-bond acceptors (Lipinski definition) is 8. The Bertz CT molecular complexity index is 890. The Morgan fingerprint density at radius 1 is 0.775 bits per heavy atom. The standard InChI is InChI=1S/C32H61N7O/c1-13-29(5,6)21-38(24-15-17-33-31(9,10)19-24)26-35-27(37-28(36-26)40-23(3)4)39(22-30(7,8)14-2)25-16-18-34-32(11,12)20-25/h23-25,33-34H,13-22H2,1-12H3. The number of aromatic nitrogens is 3. The SMILES string of the molecule is CCC(C)(C)CN(c1nc(OC(C)C)nc(N(CC(C)(C)CC)C2CCNC(C)(C)C2)n1)C1CCNC(C)(C)C1. The minimum Gasteiger partial charge on any atom is -0.461 e. The summed E-state index contributed by atoms with van der Waals surface area (Å²) >= 11 is 0. The molecule has 0 saturated carbocycles. The van der Waals surface area contributed by atoms with Crippen LogP contribution in [0.1, 0.15) is 122 Å². The quantitative estimate of drug-likeness (QED) is 0.313. The first kappa shape index (κ1) is 32.8. The van der Waals surface area contributed by atoms with Crippen molar-refractivity contribution in [1.82, 2.24) is 25.6 Å². The number of ether oxygens (including phenoxy) is 1. The van der Waals surface area contributed by atoms with Gasteiger partial charge in [0.25, 0.3) is 0 Å². The Labute approximate surface area is 245 Å². The molecule has 230 valence electrons. The van der Waals surface area contributed by atoms with Gasteiger partial charge in [-0.05, 0) is 104 Å². The van der Waals surface area contributed by atoms with Crippen LogP contribution in [0.5, 0.6) is 6.01 Å². The van der Waals surface area contributed by atoms with Gasteiger partial charge in [0.15, 0.2) is 0 Å². The van der Waals surface area contributed by atoms with Gasteiger partial charge in [-0.25, -0.2) is 0 Å². The summed E-state index contributed by atoms with van der Waals surface area (Å²) in [7, 11) is 0. The van der Waals surface area contributed by atoms with Crippen LogP contribution in [-0.4, -0.2) is 70.4 Å². The summed E-state index contributed by atoms with van der Waals surface area (Å²) in [6.07, 6.45) is 6.39. The molecule has 2 fully saturated rings. The van der Waals surface area contributed by atoms with E-state index in [0.29, 0.717) is 18.1 Å². The summed E-state index contributed by atoms with van der Waals surface area (Å²) in [6.45, 7) is 31.1. The van der Waals surface area contributed by atoms with E-state index in [4.69, 9.17) is 19.7 Å². The summed E-state index contributed by atoms with van der Waals surface area (Å²) in [5, 5.41) is 7.41. The second-order valence-electron chi connectivity index (χ2n) is 15.6. The van der Waals surface area contributed by atoms with Gasteiger partial charge < -0.3 is 25.2 Å². The molecule has 8 heteroatoms. The van der Waals surface area contributed by atoms with Gasteiger partial charge in [0, 0.05) is 36.3 Å². The molecule has 3 rings (SSSR count). The number of nitrogens with zero attached hydrogens (tertiary/aromatic N) is 5. The highest BCUT2D eigenvalue weighted by atomic mass is 16.5. The highest BCUT2D eigenvalue weighted by Gasteiger charge is 2.38. The molecule has 0 bridgehead atoms. The average Bonchev–Trinajstić information content (AvgIpc) is 2.84. The topological polar surface area (TPSA) is 78.4 Å². The smallest absolute Gasteiger partial charge is 0.323 e. The third kappa shape index (κ3) is 9.17. The third-order valence-corrected chi connectivity index (χ3v) is 9.09. The van der Waals surface area contributed by atoms with Crippen LogP contribution in [0.25, 0.3) is 0 Å². The highest BCUT2D eigenvalue weighted by molar-refractivity contribution is 5.43. The zero-order chi connectivity index (χ0) is 29.9. The molecule has 2 N–H and O–H groups in total. The second-order valence-corrected chi connectivity index (χ2v) is 15.6. The van der Waals surface area contributed by atoms with Crippen molar-refractivity contribution in [2.45, 2.75) is 151 Å². The first-order valence-corrected chi connectivity index (χ1v) is 15.9. The third-order valence-electron chi connectivity index (χ3n) is 9.09. The van der Waals surface area contributed by atoms with Gasteiger partial charge in [-0.15, -0.1) is 0 Å². The molecular formula is C32H61N7O. The molecule has 3 heterocycles. The minimum atomic E-state index is -0.0141. The number of rotatable bonds is 12. The van der Waals surface area contributed by atoms with E-state index in [1.165, 1.54) is 0 Å². The number of anilines is 2. The molecule has 2 unspecified atom stereocenters. The van der Waals surface area contributed by atoms with E-state index in [1.54, 1.807) is 0 Å². The predicted octanol–water partition coefficient (Wildman–Crippen LogP) is 6.21. The molecule has 40 heavy (non-hydrogen) atoms. The van der Waals surface area contributed by atoms with Gasteiger partial charge in [0.1, 0.15) is 0 Å². The monoisotopic (exact) mass is 559 g/mol. The average molecular weight is 560 g/mol. The van der Waals surface area contributed by atoms with E-state index in [1.807, 2.05) is 13.8 Å². The van der Waals surface area contributed by atoms with Gasteiger partial charge in [-0.1, -0.05) is 41.5 Å². The van der Waals surface area contributed by atoms with E-state index in [0.717, 1.165) is 76.6 Å². The zero-order valence-corrected chi connectivity index (χ0v) is 27.9. The van der Waals surface area contributed by atoms with Crippen LogP contribution < -0.4 is 25.2 Å². The van der Waals surface area contributed by atoms with Crippen LogP contribution in [0, 0.1) is 10.8 Å². The molecule has 2 saturated heterocycles. The Morgan fingerprint density at radius 3 is 1.50 bits per heavy atom. The van der Waals surface area contributed by atoms with E-state index in [9.17, 15) is 0 Å². The maximum atomic E-state index is 6.23. The van der Waals surface area contributed by atoms with Crippen molar-refractivity contribution >= 4 is 11.9 Å². The summed E-state index contributed by atoms with van der Waals surface area (Å²) in [4.78, 5) is 20.3. The fourth-order valence-electron chi connectivity index (χ4n) is 5.94. The summed E-state index contributed by atoms with van der Waals surface area (Å²) in [5.74, 6) is 1.52. The van der Waals surface area contributed by atoms with E-state index in [2.05, 4.69) is 89.7 Å². The van der Waals surface area contributed by atoms with Crippen molar-refractivity contribution < 1.29 is 4.74 Å². The lowest BCUT2D eigenvalue weighted by Crippen LogP contribution is -2.56. The lowest BCUT2D eigenvalue weighted by molar-refractivity contribution is 0.217. The van der Waals surface area contributed by atoms with Gasteiger partial charge in [-0.3, -0.25) is 0 Å². The molecular weight excluding hydrogens is 498 g/mol. The first-order valence-electron chi connectivity index (χ1n) is 15.9. The Balaban J connectivity index is 2.15. The maximum absolute atomic E-state index is 6.23. The summed E-state index contributed by atoms with van der Waals surface area (Å²) in [6, 6.07) is 1.14. The molecule has 0 aromatic carbocycles. The molecule has 0 radical (unpaired) electrons. The van der Waals surface area contributed by atoms with Crippen LogP contribution >= 0.6 is 0 Å². The van der Waals surface area contributed by atoms with Crippen molar-refractivity contribution in [3.63, 3.8) is 0 Å². The van der Waals surface area contributed by atoms with Crippen LogP contribution in [0.15, 0.2) is 0 Å². The largest absolute Gasteiger partial charge is 0.461 e. The van der Waals surface area contributed by atoms with Gasteiger partial charge in [0.05, 0.1) is 6.10 Å². The molecule has 2 aliphatic rings. The van der Waals surface area contributed by atoms with E-state index >= 15 is 0 Å². The Hall–Kier alpha value is -1.67. The zero-order valence-electron chi connectivity index (χ0n) is 27.9. The molecule has 1 aromatic rings. The van der Waals surface area contributed by atoms with Crippen molar-refractivity contribution in [2.24, 2.45) is 10.8 Å². The van der Waals surface area contributed by atoms with Crippen molar-refractivity contribution in [1.29, 1.82) is 0 Å². The lowest BCUT2D eigenvalue weighted by Gasteiger charge is -2.45. The molecule has 0 aliphatic carbocycles. The van der Waals surface area contributed by atoms with E-state index < -0.39 is 0 Å². The molecule has 0 amide bonds. The lowest BCUT2D eigenvalue weighted by atomic mass is 9.85. The summed E-state index contributed by atoms with van der Waals surface area (Å²) < 4.78 is 6.23. The van der Waals surface area contributed by atoms with Crippen molar-refractivity contribution in [3.05, 3.63) is 0 Å². The van der Waals surface area contributed by atoms with Gasteiger partial charge >= 0.3 is 6.01 Å². The maximum Gasteiger partial charge on any atom is 0.323 e. The van der Waals surface area contributed by atoms with Gasteiger partial charge in [0.2, 0.25) is 11.9 Å². The molecule has 1 aromatic heterocycles. The van der Waals surface area contributed by atoms with Crippen LogP contribution in [0.2, 0.25) is 0 Å². The van der Waals surface area contributed by atoms with Crippen LogP contribution in [0.4, 0.5) is 11.9 Å². The first-order chi connectivity index (χ1) is 18.4. The van der Waals surface area contributed by atoms with Crippen LogP contribution in [-0.2, 0) is 0 Å². The van der Waals surface area contributed by atoms with Crippen molar-refractivity contribution in [2.75, 3.05) is 36.0 Å². The Morgan fingerprint density at radius 2 is 1.18 bits per heavy atom.